The van der Waals surface area contributed by atoms with Crippen LogP contribution in [0.15, 0.2) is 52.0 Å². The first-order valence-electron chi connectivity index (χ1n) is 7.17. The van der Waals surface area contributed by atoms with E-state index >= 15 is 0 Å². The molecule has 0 saturated carbocycles. The number of nitro groups is 1. The molecule has 0 fully saturated rings. The van der Waals surface area contributed by atoms with Gasteiger partial charge < -0.3 is 5.32 Å². The van der Waals surface area contributed by atoms with Crippen LogP contribution in [-0.2, 0) is 4.79 Å². The molecule has 2 aromatic carbocycles. The standard InChI is InChI=1S/C16H12BrClN4O4/c17-12-4-2-1-3-11(12)16(24)19-9-15(23)21-20-8-10-5-6-13(18)14(7-10)22(25)26/h1-8H,9H2,(H,19,24)(H,21,23)/b20-8+. The zero-order valence-corrected chi connectivity index (χ0v) is 15.5. The van der Waals surface area contributed by atoms with Gasteiger partial charge in [0.1, 0.15) is 5.02 Å². The summed E-state index contributed by atoms with van der Waals surface area (Å²) in [7, 11) is 0. The van der Waals surface area contributed by atoms with Crippen molar-refractivity contribution in [2.45, 2.75) is 0 Å². The Balaban J connectivity index is 1.88. The average molecular weight is 440 g/mol. The maximum absolute atomic E-state index is 12.0. The number of carbonyl (C=O) groups is 2. The van der Waals surface area contributed by atoms with Gasteiger partial charge in [0.05, 0.1) is 23.2 Å². The zero-order valence-electron chi connectivity index (χ0n) is 13.1. The molecule has 2 N–H and O–H groups in total. The molecule has 10 heteroatoms. The van der Waals surface area contributed by atoms with Crippen molar-refractivity contribution in [2.24, 2.45) is 5.10 Å². The van der Waals surface area contributed by atoms with Crippen molar-refractivity contribution in [1.82, 2.24) is 10.7 Å². The van der Waals surface area contributed by atoms with Gasteiger partial charge in [-0.05, 0) is 34.1 Å². The molecule has 0 aromatic heterocycles. The number of halogens is 2. The molecule has 2 aromatic rings. The fourth-order valence-electron chi connectivity index (χ4n) is 1.87. The van der Waals surface area contributed by atoms with Crippen LogP contribution in [0.1, 0.15) is 15.9 Å². The fourth-order valence-corrected chi connectivity index (χ4v) is 2.52. The second-order valence-corrected chi connectivity index (χ2v) is 6.19. The number of hydrogen-bond acceptors (Lipinski definition) is 5. The molecule has 0 unspecified atom stereocenters. The number of rotatable bonds is 6. The van der Waals surface area contributed by atoms with E-state index in [1.807, 2.05) is 0 Å². The van der Waals surface area contributed by atoms with Gasteiger partial charge in [0, 0.05) is 16.1 Å². The van der Waals surface area contributed by atoms with Gasteiger partial charge in [0.25, 0.3) is 17.5 Å². The van der Waals surface area contributed by atoms with Crippen LogP contribution in [0.4, 0.5) is 5.69 Å². The summed E-state index contributed by atoms with van der Waals surface area (Å²) >= 11 is 8.96. The van der Waals surface area contributed by atoms with Crippen LogP contribution in [0, 0.1) is 10.1 Å². The van der Waals surface area contributed by atoms with Crippen molar-refractivity contribution in [3.8, 4) is 0 Å². The van der Waals surface area contributed by atoms with Crippen LogP contribution in [0.5, 0.6) is 0 Å². The maximum Gasteiger partial charge on any atom is 0.288 e. The van der Waals surface area contributed by atoms with Gasteiger partial charge in [0.2, 0.25) is 0 Å². The number of amides is 2. The summed E-state index contributed by atoms with van der Waals surface area (Å²) in [6.45, 7) is -0.279. The Labute approximate surface area is 161 Å². The van der Waals surface area contributed by atoms with E-state index < -0.39 is 16.7 Å². The van der Waals surface area contributed by atoms with Crippen LogP contribution in [-0.4, -0.2) is 29.5 Å². The minimum absolute atomic E-state index is 0.00553. The second-order valence-electron chi connectivity index (χ2n) is 4.92. The maximum atomic E-state index is 12.0. The summed E-state index contributed by atoms with van der Waals surface area (Å²) in [5.74, 6) is -0.963. The van der Waals surface area contributed by atoms with E-state index in [9.17, 15) is 19.7 Å². The molecule has 26 heavy (non-hydrogen) atoms. The summed E-state index contributed by atoms with van der Waals surface area (Å²) < 4.78 is 0.611. The fraction of sp³-hybridized carbons (Fsp3) is 0.0625. The molecule has 8 nitrogen and oxygen atoms in total. The Morgan fingerprint density at radius 1 is 1.27 bits per heavy atom. The molecule has 0 aliphatic carbocycles. The lowest BCUT2D eigenvalue weighted by molar-refractivity contribution is -0.384. The first-order valence-corrected chi connectivity index (χ1v) is 8.34. The number of carbonyl (C=O) groups excluding carboxylic acids is 2. The van der Waals surface area contributed by atoms with Crippen molar-refractivity contribution < 1.29 is 14.5 Å². The average Bonchev–Trinajstić information content (AvgIpc) is 2.61. The smallest absolute Gasteiger partial charge is 0.288 e. The van der Waals surface area contributed by atoms with Crippen molar-refractivity contribution in [3.63, 3.8) is 0 Å². The summed E-state index contributed by atoms with van der Waals surface area (Å²) in [6.07, 6.45) is 1.23. The Bertz CT molecular complexity index is 888. The lowest BCUT2D eigenvalue weighted by Crippen LogP contribution is -2.35. The number of nitrogens with one attached hydrogen (secondary N) is 2. The highest BCUT2D eigenvalue weighted by Gasteiger charge is 2.12. The quantitative estimate of drug-likeness (QED) is 0.409. The van der Waals surface area contributed by atoms with Crippen LogP contribution >= 0.6 is 27.5 Å². The number of hydrogen-bond donors (Lipinski definition) is 2. The normalized spacial score (nSPS) is 10.5. The third kappa shape index (κ3) is 5.36. The summed E-state index contributed by atoms with van der Waals surface area (Å²) in [6, 6.07) is 10.9. The molecular formula is C16H12BrClN4O4. The van der Waals surface area contributed by atoms with Crippen molar-refractivity contribution in [1.29, 1.82) is 0 Å². The molecule has 2 rings (SSSR count). The van der Waals surface area contributed by atoms with Crippen LogP contribution in [0.25, 0.3) is 0 Å². The monoisotopic (exact) mass is 438 g/mol. The lowest BCUT2D eigenvalue weighted by Gasteiger charge is -2.05. The SMILES string of the molecule is O=C(CNC(=O)c1ccccc1Br)N/N=C/c1ccc(Cl)c([N+](=O)[O-])c1. The Hall–Kier alpha value is -2.78. The molecular weight excluding hydrogens is 428 g/mol. The number of hydrazone groups is 1. The van der Waals surface area contributed by atoms with E-state index in [0.29, 0.717) is 15.6 Å². The predicted octanol–water partition coefficient (Wildman–Crippen LogP) is 2.89. The van der Waals surface area contributed by atoms with E-state index in [0.717, 1.165) is 0 Å². The van der Waals surface area contributed by atoms with E-state index in [-0.39, 0.29) is 17.3 Å². The molecule has 0 bridgehead atoms. The van der Waals surface area contributed by atoms with Gasteiger partial charge in [-0.15, -0.1) is 0 Å². The number of nitrogens with zero attached hydrogens (tertiary/aromatic N) is 2. The van der Waals surface area contributed by atoms with Crippen LogP contribution in [0.3, 0.4) is 0 Å². The van der Waals surface area contributed by atoms with E-state index in [4.69, 9.17) is 11.6 Å². The first kappa shape index (κ1) is 19.5. The third-order valence-corrected chi connectivity index (χ3v) is 4.11. The Kier molecular flexibility index (Phi) is 6.81. The number of nitro benzene ring substituents is 1. The largest absolute Gasteiger partial charge is 0.343 e. The molecule has 0 saturated heterocycles. The number of benzene rings is 2. The molecule has 0 atom stereocenters. The molecule has 134 valence electrons. The van der Waals surface area contributed by atoms with Crippen molar-refractivity contribution >= 4 is 51.2 Å². The van der Waals surface area contributed by atoms with Gasteiger partial charge >= 0.3 is 0 Å². The molecule has 0 heterocycles. The lowest BCUT2D eigenvalue weighted by atomic mass is 10.2. The van der Waals surface area contributed by atoms with Crippen LogP contribution in [0.2, 0.25) is 5.02 Å². The van der Waals surface area contributed by atoms with Gasteiger partial charge in [-0.2, -0.15) is 5.10 Å². The van der Waals surface area contributed by atoms with Gasteiger partial charge in [-0.3, -0.25) is 19.7 Å². The highest BCUT2D eigenvalue weighted by molar-refractivity contribution is 9.10. The van der Waals surface area contributed by atoms with E-state index in [1.54, 1.807) is 24.3 Å². The molecule has 0 spiro atoms. The minimum Gasteiger partial charge on any atom is -0.343 e. The molecule has 0 aliphatic rings. The first-order chi connectivity index (χ1) is 12.4. The predicted molar refractivity (Wildman–Crippen MR) is 100 cm³/mol. The highest BCUT2D eigenvalue weighted by Crippen LogP contribution is 2.24. The Morgan fingerprint density at radius 2 is 2.00 bits per heavy atom. The van der Waals surface area contributed by atoms with Gasteiger partial charge in [-0.1, -0.05) is 29.8 Å². The van der Waals surface area contributed by atoms with E-state index in [1.165, 1.54) is 24.4 Å². The molecule has 2 amide bonds. The van der Waals surface area contributed by atoms with Gasteiger partial charge in [0.15, 0.2) is 0 Å². The minimum atomic E-state index is -0.616. The highest BCUT2D eigenvalue weighted by atomic mass is 79.9. The van der Waals surface area contributed by atoms with E-state index in [2.05, 4.69) is 31.8 Å². The Morgan fingerprint density at radius 3 is 2.69 bits per heavy atom. The summed E-state index contributed by atoms with van der Waals surface area (Å²) in [4.78, 5) is 33.9. The van der Waals surface area contributed by atoms with Crippen molar-refractivity contribution in [2.75, 3.05) is 6.54 Å². The van der Waals surface area contributed by atoms with Gasteiger partial charge in [-0.25, -0.2) is 5.43 Å². The zero-order chi connectivity index (χ0) is 19.1. The molecule has 0 radical (unpaired) electrons. The summed E-state index contributed by atoms with van der Waals surface area (Å²) in [5, 5.41) is 17.0. The second kappa shape index (κ2) is 9.07. The molecule has 0 aliphatic heterocycles. The topological polar surface area (TPSA) is 114 Å². The van der Waals surface area contributed by atoms with Crippen molar-refractivity contribution in [3.05, 3.63) is 73.2 Å². The summed E-state index contributed by atoms with van der Waals surface area (Å²) in [5.41, 5.74) is 2.74. The van der Waals surface area contributed by atoms with Crippen LogP contribution < -0.4 is 10.7 Å². The third-order valence-electron chi connectivity index (χ3n) is 3.10.